The molecule has 2 atom stereocenters. The third-order valence-corrected chi connectivity index (χ3v) is 7.01. The van der Waals surface area contributed by atoms with E-state index in [9.17, 15) is 4.79 Å². The van der Waals surface area contributed by atoms with Gasteiger partial charge in [-0.1, -0.05) is 53.5 Å². The lowest BCUT2D eigenvalue weighted by Gasteiger charge is -2.35. The average molecular weight is 492 g/mol. The van der Waals surface area contributed by atoms with Crippen molar-refractivity contribution in [2.45, 2.75) is 17.9 Å². The van der Waals surface area contributed by atoms with E-state index in [0.29, 0.717) is 16.6 Å². The normalized spacial score (nSPS) is 17.4. The second kappa shape index (κ2) is 8.55. The number of hydrogen-bond donors (Lipinski definition) is 1. The van der Waals surface area contributed by atoms with Crippen molar-refractivity contribution in [3.63, 3.8) is 0 Å². The van der Waals surface area contributed by atoms with Crippen molar-refractivity contribution in [1.29, 1.82) is 0 Å². The number of rotatable bonds is 4. The van der Waals surface area contributed by atoms with Crippen LogP contribution < -0.4 is 10.6 Å². The van der Waals surface area contributed by atoms with Crippen LogP contribution in [0.2, 0.25) is 10.2 Å². The highest BCUT2D eigenvalue weighted by Crippen LogP contribution is 2.43. The van der Waals surface area contributed by atoms with Gasteiger partial charge in [0.15, 0.2) is 0 Å². The molecule has 0 radical (unpaired) electrons. The molecular weight excluding hydrogens is 469 g/mol. The van der Waals surface area contributed by atoms with Crippen molar-refractivity contribution in [2.24, 2.45) is 12.8 Å². The molecule has 2 unspecified atom stereocenters. The van der Waals surface area contributed by atoms with Gasteiger partial charge >= 0.3 is 0 Å². The third kappa shape index (κ3) is 3.68. The summed E-state index contributed by atoms with van der Waals surface area (Å²) in [5.74, 6) is -0.222. The van der Waals surface area contributed by atoms with E-state index in [1.54, 1.807) is 30.5 Å². The van der Waals surface area contributed by atoms with Gasteiger partial charge in [-0.05, 0) is 47.0 Å². The predicted molar refractivity (Wildman–Crippen MR) is 134 cm³/mol. The first-order valence-corrected chi connectivity index (χ1v) is 11.6. The summed E-state index contributed by atoms with van der Waals surface area (Å²) < 4.78 is 1.91. The second-order valence-electron chi connectivity index (χ2n) is 8.58. The number of anilines is 1. The summed E-state index contributed by atoms with van der Waals surface area (Å²) in [4.78, 5) is 23.3. The smallest absolute Gasteiger partial charge is 0.227 e. The van der Waals surface area contributed by atoms with E-state index in [-0.39, 0.29) is 11.8 Å². The first kappa shape index (κ1) is 22.6. The van der Waals surface area contributed by atoms with Crippen molar-refractivity contribution >= 4 is 34.8 Å². The van der Waals surface area contributed by atoms with Gasteiger partial charge in [0.25, 0.3) is 0 Å². The van der Waals surface area contributed by atoms with E-state index in [0.717, 1.165) is 33.8 Å². The van der Waals surface area contributed by atoms with Crippen LogP contribution in [0.4, 0.5) is 5.69 Å². The van der Waals surface area contributed by atoms with Crippen molar-refractivity contribution in [3.8, 4) is 0 Å². The van der Waals surface area contributed by atoms with Crippen LogP contribution in [0, 0.1) is 0 Å². The number of nitrogens with two attached hydrogens (primary N) is 1. The second-order valence-corrected chi connectivity index (χ2v) is 9.40. The lowest BCUT2D eigenvalue weighted by Crippen LogP contribution is -2.41. The fourth-order valence-electron chi connectivity index (χ4n) is 4.76. The van der Waals surface area contributed by atoms with E-state index in [4.69, 9.17) is 28.9 Å². The van der Waals surface area contributed by atoms with E-state index in [1.807, 2.05) is 60.1 Å². The zero-order valence-electron chi connectivity index (χ0n) is 18.7. The fourth-order valence-corrected chi connectivity index (χ4v) is 5.12. The lowest BCUT2D eigenvalue weighted by atomic mass is 9.77. The number of aryl methyl sites for hydroxylation is 1. The molecule has 34 heavy (non-hydrogen) atoms. The standard InChI is InChI=1S/C26H23Cl2N5O/c1-32-15-30-14-23(32)26(29,16-5-3-6-18(27)11-16)17-9-10-22-20(12-17)19(13-25(34)33(22)2)21-7-4-8-24(28)31-21/h3-12,14-15,19H,13,29H2,1-2H3. The maximum Gasteiger partial charge on any atom is 0.227 e. The Morgan fingerprint density at radius 2 is 1.79 bits per heavy atom. The molecule has 0 saturated carbocycles. The summed E-state index contributed by atoms with van der Waals surface area (Å²) in [6.07, 6.45) is 3.79. The number of benzene rings is 2. The van der Waals surface area contributed by atoms with E-state index >= 15 is 0 Å². The summed E-state index contributed by atoms with van der Waals surface area (Å²) in [6, 6.07) is 19.0. The minimum absolute atomic E-state index is 0.0208. The van der Waals surface area contributed by atoms with E-state index < -0.39 is 5.54 Å². The van der Waals surface area contributed by atoms with Crippen molar-refractivity contribution < 1.29 is 4.79 Å². The van der Waals surface area contributed by atoms with E-state index in [2.05, 4.69) is 16.0 Å². The number of pyridine rings is 1. The largest absolute Gasteiger partial charge is 0.336 e. The molecule has 2 N–H and O–H groups in total. The van der Waals surface area contributed by atoms with Gasteiger partial charge in [-0.15, -0.1) is 0 Å². The molecule has 1 aliphatic rings. The molecule has 1 aliphatic heterocycles. The summed E-state index contributed by atoms with van der Waals surface area (Å²) in [5, 5.41) is 0.988. The lowest BCUT2D eigenvalue weighted by molar-refractivity contribution is -0.118. The molecule has 0 bridgehead atoms. The number of aromatic nitrogens is 3. The van der Waals surface area contributed by atoms with Gasteiger partial charge in [-0.25, -0.2) is 9.97 Å². The van der Waals surface area contributed by atoms with Gasteiger partial charge in [0, 0.05) is 37.1 Å². The molecule has 0 aliphatic carbocycles. The molecule has 1 amide bonds. The van der Waals surface area contributed by atoms with E-state index in [1.165, 1.54) is 0 Å². The van der Waals surface area contributed by atoms with Crippen LogP contribution in [0.25, 0.3) is 0 Å². The minimum Gasteiger partial charge on any atom is -0.336 e. The number of fused-ring (bicyclic) bond motifs is 1. The highest BCUT2D eigenvalue weighted by molar-refractivity contribution is 6.30. The Kier molecular flexibility index (Phi) is 5.68. The number of hydrogen-bond acceptors (Lipinski definition) is 4. The van der Waals surface area contributed by atoms with Gasteiger partial charge in [-0.2, -0.15) is 0 Å². The summed E-state index contributed by atoms with van der Waals surface area (Å²) in [6.45, 7) is 0. The Labute approximate surface area is 208 Å². The highest BCUT2D eigenvalue weighted by atomic mass is 35.5. The van der Waals surface area contributed by atoms with Gasteiger partial charge in [0.05, 0.1) is 23.9 Å². The highest BCUT2D eigenvalue weighted by Gasteiger charge is 2.38. The molecule has 172 valence electrons. The minimum atomic E-state index is -1.03. The molecule has 6 nitrogen and oxygen atoms in total. The first-order valence-electron chi connectivity index (χ1n) is 10.8. The summed E-state index contributed by atoms with van der Waals surface area (Å²) >= 11 is 12.6. The van der Waals surface area contributed by atoms with Crippen LogP contribution in [0.15, 0.2) is 73.2 Å². The molecule has 0 fully saturated rings. The van der Waals surface area contributed by atoms with Crippen LogP contribution in [0.1, 0.15) is 40.4 Å². The monoisotopic (exact) mass is 491 g/mol. The molecule has 0 spiro atoms. The number of carbonyl (C=O) groups is 1. The third-order valence-electron chi connectivity index (χ3n) is 6.57. The Hall–Kier alpha value is -3.19. The van der Waals surface area contributed by atoms with Gasteiger partial charge in [0.2, 0.25) is 5.91 Å². The number of halogens is 2. The van der Waals surface area contributed by atoms with Crippen molar-refractivity contribution in [2.75, 3.05) is 11.9 Å². The van der Waals surface area contributed by atoms with Crippen LogP contribution in [0.3, 0.4) is 0 Å². The zero-order chi connectivity index (χ0) is 24.0. The van der Waals surface area contributed by atoms with Gasteiger partial charge in [0.1, 0.15) is 10.7 Å². The Bertz CT molecular complexity index is 1400. The molecule has 2 aromatic heterocycles. The molecule has 5 rings (SSSR count). The van der Waals surface area contributed by atoms with Gasteiger partial charge < -0.3 is 15.2 Å². The SMILES string of the molecule is CN1C(=O)CC(c2cccc(Cl)n2)c2cc(C(N)(c3cccc(Cl)c3)c3cncn3C)ccc21. The first-order chi connectivity index (χ1) is 16.3. The van der Waals surface area contributed by atoms with Gasteiger partial charge in [-0.3, -0.25) is 4.79 Å². The maximum absolute atomic E-state index is 12.8. The maximum atomic E-state index is 12.8. The van der Waals surface area contributed by atoms with Crippen molar-refractivity contribution in [3.05, 3.63) is 111 Å². The Morgan fingerprint density at radius 1 is 1.03 bits per heavy atom. The number of amides is 1. The zero-order valence-corrected chi connectivity index (χ0v) is 20.3. The Balaban J connectivity index is 1.75. The molecule has 4 aromatic rings. The molecule has 0 saturated heterocycles. The summed E-state index contributed by atoms with van der Waals surface area (Å²) in [7, 11) is 3.70. The van der Waals surface area contributed by atoms with Crippen LogP contribution in [-0.2, 0) is 17.4 Å². The predicted octanol–water partition coefficient (Wildman–Crippen LogP) is 4.87. The quantitative estimate of drug-likeness (QED) is 0.413. The number of carbonyl (C=O) groups excluding carboxylic acids is 1. The summed E-state index contributed by atoms with van der Waals surface area (Å²) in [5.41, 5.74) is 11.3. The van der Waals surface area contributed by atoms with Crippen molar-refractivity contribution in [1.82, 2.24) is 14.5 Å². The number of imidazole rings is 1. The Morgan fingerprint density at radius 3 is 2.50 bits per heavy atom. The van der Waals surface area contributed by atoms with Crippen LogP contribution in [0.5, 0.6) is 0 Å². The molecular formula is C26H23Cl2N5O. The number of nitrogens with zero attached hydrogens (tertiary/aromatic N) is 4. The molecule has 8 heteroatoms. The van der Waals surface area contributed by atoms with Crippen LogP contribution in [-0.4, -0.2) is 27.5 Å². The topological polar surface area (TPSA) is 77.0 Å². The average Bonchev–Trinajstić information content (AvgIpc) is 3.27. The molecule has 2 aromatic carbocycles. The van der Waals surface area contributed by atoms with Crippen LogP contribution >= 0.6 is 23.2 Å². The molecule has 3 heterocycles. The fraction of sp³-hybridized carbons (Fsp3) is 0.192.